The number of imidazole rings is 1. The summed E-state index contributed by atoms with van der Waals surface area (Å²) < 4.78 is 13.1. The van der Waals surface area contributed by atoms with Crippen LogP contribution in [0.2, 0.25) is 0 Å². The topological polar surface area (TPSA) is 80.0 Å². The number of hydrogen-bond acceptors (Lipinski definition) is 8. The van der Waals surface area contributed by atoms with Gasteiger partial charge in [-0.15, -0.1) is 0 Å². The number of aryl methyl sites for hydroxylation is 1. The zero-order valence-corrected chi connectivity index (χ0v) is 21.1. The lowest BCUT2D eigenvalue weighted by Gasteiger charge is -2.50. The zero-order valence-electron chi connectivity index (χ0n) is 21.1. The number of rotatable bonds is 5. The minimum Gasteiger partial charge on any atom is -0.477 e. The minimum absolute atomic E-state index is 0.225. The van der Waals surface area contributed by atoms with Crippen molar-refractivity contribution in [1.82, 2.24) is 24.3 Å². The van der Waals surface area contributed by atoms with E-state index in [4.69, 9.17) is 14.5 Å². The lowest BCUT2D eigenvalue weighted by atomic mass is 9.97. The molecule has 190 valence electrons. The third-order valence-electron chi connectivity index (χ3n) is 7.79. The van der Waals surface area contributed by atoms with Gasteiger partial charge in [0.1, 0.15) is 0 Å². The Morgan fingerprint density at radius 3 is 2.65 bits per heavy atom. The van der Waals surface area contributed by atoms with Gasteiger partial charge in [0.15, 0.2) is 11.5 Å². The van der Waals surface area contributed by atoms with Gasteiger partial charge in [-0.2, -0.15) is 0 Å². The Morgan fingerprint density at radius 2 is 1.86 bits per heavy atom. The maximum atomic E-state index is 5.69. The van der Waals surface area contributed by atoms with Gasteiger partial charge in [-0.05, 0) is 50.1 Å². The number of fused-ring (bicyclic) bond motifs is 2. The van der Waals surface area contributed by atoms with E-state index in [0.29, 0.717) is 5.82 Å². The summed E-state index contributed by atoms with van der Waals surface area (Å²) in [5.41, 5.74) is 6.18. The standard InChI is InChI=1S/C28H31N7O2/c1-28(18-36-19-28)35-12-10-33(11-13-35)23-6-4-22(5-7-23)31-25-26-29-8-9-34(26)17-24(32-25)21-15-20-3-2-14-37-27(20)30-16-21/h4-9,15-17H,2-3,10-14,18-19H2,1H3,(H,31,32). The summed E-state index contributed by atoms with van der Waals surface area (Å²) in [5, 5.41) is 3.50. The van der Waals surface area contributed by atoms with Crippen molar-refractivity contribution in [2.45, 2.75) is 25.3 Å². The molecule has 37 heavy (non-hydrogen) atoms. The second kappa shape index (κ2) is 9.00. The minimum atomic E-state index is 0.225. The molecule has 4 aromatic rings. The number of hydrogen-bond donors (Lipinski definition) is 1. The van der Waals surface area contributed by atoms with Crippen LogP contribution in [0.15, 0.2) is 55.1 Å². The predicted molar refractivity (Wildman–Crippen MR) is 143 cm³/mol. The number of pyridine rings is 1. The van der Waals surface area contributed by atoms with Gasteiger partial charge in [0.25, 0.3) is 0 Å². The van der Waals surface area contributed by atoms with E-state index in [2.05, 4.69) is 62.3 Å². The molecular formula is C28H31N7O2. The summed E-state index contributed by atoms with van der Waals surface area (Å²) in [6.45, 7) is 8.93. The first-order valence-corrected chi connectivity index (χ1v) is 13.1. The second-order valence-electron chi connectivity index (χ2n) is 10.4. The lowest BCUT2D eigenvalue weighted by Crippen LogP contribution is -2.64. The van der Waals surface area contributed by atoms with Crippen molar-refractivity contribution < 1.29 is 9.47 Å². The van der Waals surface area contributed by atoms with Crippen molar-refractivity contribution in [1.29, 1.82) is 0 Å². The molecule has 6 heterocycles. The number of benzene rings is 1. The zero-order chi connectivity index (χ0) is 24.8. The van der Waals surface area contributed by atoms with Gasteiger partial charge in [-0.25, -0.2) is 15.0 Å². The molecule has 2 fully saturated rings. The van der Waals surface area contributed by atoms with E-state index in [1.165, 1.54) is 5.69 Å². The van der Waals surface area contributed by atoms with Gasteiger partial charge in [-0.3, -0.25) is 4.90 Å². The molecule has 1 aromatic carbocycles. The van der Waals surface area contributed by atoms with Crippen LogP contribution in [-0.2, 0) is 11.2 Å². The molecule has 0 saturated carbocycles. The lowest BCUT2D eigenvalue weighted by molar-refractivity contribution is -0.131. The highest BCUT2D eigenvalue weighted by Gasteiger charge is 2.40. The van der Waals surface area contributed by atoms with Crippen LogP contribution in [0.4, 0.5) is 17.2 Å². The van der Waals surface area contributed by atoms with Crippen molar-refractivity contribution in [2.24, 2.45) is 0 Å². The summed E-state index contributed by atoms with van der Waals surface area (Å²) in [5.74, 6) is 1.46. The van der Waals surface area contributed by atoms with E-state index in [0.717, 1.165) is 92.9 Å². The van der Waals surface area contributed by atoms with Gasteiger partial charge in [0, 0.05) is 73.5 Å². The van der Waals surface area contributed by atoms with Crippen LogP contribution in [-0.4, -0.2) is 75.8 Å². The molecule has 0 radical (unpaired) electrons. The molecule has 3 aromatic heterocycles. The molecule has 9 heteroatoms. The molecule has 7 rings (SSSR count). The van der Waals surface area contributed by atoms with Gasteiger partial charge >= 0.3 is 0 Å². The van der Waals surface area contributed by atoms with Crippen molar-refractivity contribution >= 4 is 22.8 Å². The van der Waals surface area contributed by atoms with Crippen LogP contribution < -0.4 is 15.0 Å². The van der Waals surface area contributed by atoms with E-state index in [9.17, 15) is 0 Å². The Hall–Kier alpha value is -3.69. The first-order chi connectivity index (χ1) is 18.1. The smallest absolute Gasteiger partial charge is 0.216 e. The number of nitrogens with zero attached hydrogens (tertiary/aromatic N) is 6. The van der Waals surface area contributed by atoms with Crippen LogP contribution in [0, 0.1) is 0 Å². The van der Waals surface area contributed by atoms with Crippen molar-refractivity contribution in [2.75, 3.05) is 56.2 Å². The summed E-state index contributed by atoms with van der Waals surface area (Å²) in [7, 11) is 0. The highest BCUT2D eigenvalue weighted by molar-refractivity contribution is 5.74. The molecule has 9 nitrogen and oxygen atoms in total. The van der Waals surface area contributed by atoms with E-state index < -0.39 is 0 Å². The molecule has 2 saturated heterocycles. The van der Waals surface area contributed by atoms with Gasteiger partial charge in [0.05, 0.1) is 31.1 Å². The quantitative estimate of drug-likeness (QED) is 0.446. The Morgan fingerprint density at radius 1 is 1.03 bits per heavy atom. The molecule has 0 amide bonds. The van der Waals surface area contributed by atoms with Crippen LogP contribution >= 0.6 is 0 Å². The van der Waals surface area contributed by atoms with E-state index in [1.54, 1.807) is 6.20 Å². The molecular weight excluding hydrogens is 466 g/mol. The maximum Gasteiger partial charge on any atom is 0.216 e. The van der Waals surface area contributed by atoms with Crippen molar-refractivity contribution in [3.63, 3.8) is 0 Å². The maximum absolute atomic E-state index is 5.69. The fraction of sp³-hybridized carbons (Fsp3) is 0.393. The first-order valence-electron chi connectivity index (χ1n) is 13.1. The largest absolute Gasteiger partial charge is 0.477 e. The van der Waals surface area contributed by atoms with Crippen LogP contribution in [0.3, 0.4) is 0 Å². The molecule has 0 unspecified atom stereocenters. The van der Waals surface area contributed by atoms with Crippen LogP contribution in [0.1, 0.15) is 18.9 Å². The molecule has 3 aliphatic rings. The van der Waals surface area contributed by atoms with Gasteiger partial charge < -0.3 is 24.1 Å². The van der Waals surface area contributed by atoms with Gasteiger partial charge in [-0.1, -0.05) is 0 Å². The van der Waals surface area contributed by atoms with E-state index in [1.807, 2.05) is 23.0 Å². The number of anilines is 3. The fourth-order valence-corrected chi connectivity index (χ4v) is 5.51. The fourth-order valence-electron chi connectivity index (χ4n) is 5.51. The monoisotopic (exact) mass is 497 g/mol. The van der Waals surface area contributed by atoms with E-state index >= 15 is 0 Å². The number of nitrogens with one attached hydrogen (secondary N) is 1. The molecule has 0 bridgehead atoms. The number of aromatic nitrogens is 4. The SMILES string of the molecule is CC1(N2CCN(c3ccc(Nc4nc(-c5cnc6c(c5)CCCO6)cn5ccnc45)cc3)CC2)COC1. The van der Waals surface area contributed by atoms with Crippen molar-refractivity contribution in [3.8, 4) is 17.1 Å². The average molecular weight is 498 g/mol. The van der Waals surface area contributed by atoms with E-state index in [-0.39, 0.29) is 5.54 Å². The Bertz CT molecular complexity index is 1420. The average Bonchev–Trinajstić information content (AvgIpc) is 3.41. The molecule has 3 aliphatic heterocycles. The third kappa shape index (κ3) is 4.18. The highest BCUT2D eigenvalue weighted by Crippen LogP contribution is 2.30. The van der Waals surface area contributed by atoms with Crippen LogP contribution in [0.5, 0.6) is 5.88 Å². The van der Waals surface area contributed by atoms with Crippen molar-refractivity contribution in [3.05, 3.63) is 60.7 Å². The second-order valence-corrected chi connectivity index (χ2v) is 10.4. The number of piperazine rings is 1. The Kier molecular flexibility index (Phi) is 5.48. The number of ether oxygens (including phenoxy) is 2. The molecule has 1 N–H and O–H groups in total. The van der Waals surface area contributed by atoms with Gasteiger partial charge in [0.2, 0.25) is 5.88 Å². The first kappa shape index (κ1) is 22.5. The Labute approximate surface area is 216 Å². The Balaban J connectivity index is 1.10. The molecule has 0 atom stereocenters. The normalized spacial score (nSPS) is 19.2. The summed E-state index contributed by atoms with van der Waals surface area (Å²) in [6.07, 6.45) is 9.57. The summed E-state index contributed by atoms with van der Waals surface area (Å²) >= 11 is 0. The van der Waals surface area contributed by atoms with Crippen LogP contribution in [0.25, 0.3) is 16.9 Å². The molecule has 0 aliphatic carbocycles. The summed E-state index contributed by atoms with van der Waals surface area (Å²) in [6, 6.07) is 10.8. The summed E-state index contributed by atoms with van der Waals surface area (Å²) in [4.78, 5) is 19.0. The predicted octanol–water partition coefficient (Wildman–Crippen LogP) is 3.77. The third-order valence-corrected chi connectivity index (χ3v) is 7.79. The highest BCUT2D eigenvalue weighted by atomic mass is 16.5. The molecule has 0 spiro atoms.